The van der Waals surface area contributed by atoms with E-state index < -0.39 is 0 Å². The van der Waals surface area contributed by atoms with Gasteiger partial charge in [-0.1, -0.05) is 48.5 Å². The van der Waals surface area contributed by atoms with E-state index in [0.29, 0.717) is 23.7 Å². The number of hydrogen-bond donors (Lipinski definition) is 1. The van der Waals surface area contributed by atoms with Gasteiger partial charge in [0.15, 0.2) is 0 Å². The molecule has 3 aromatic heterocycles. The molecule has 0 saturated carbocycles. The fraction of sp³-hybridized carbons (Fsp3) is 0.0833. The van der Waals surface area contributed by atoms with E-state index in [-0.39, 0.29) is 5.56 Å². The molecule has 31 heavy (non-hydrogen) atoms. The summed E-state index contributed by atoms with van der Waals surface area (Å²) >= 11 is 0. The van der Waals surface area contributed by atoms with Crippen molar-refractivity contribution < 1.29 is 4.74 Å². The van der Waals surface area contributed by atoms with Crippen LogP contribution in [0.5, 0.6) is 5.88 Å². The molecule has 0 aliphatic rings. The molecule has 0 atom stereocenters. The highest BCUT2D eigenvalue weighted by Gasteiger charge is 2.12. The zero-order chi connectivity index (χ0) is 21.2. The minimum Gasteiger partial charge on any atom is -0.471 e. The highest BCUT2D eigenvalue weighted by atomic mass is 16.5. The molecule has 5 rings (SSSR count). The number of pyridine rings is 1. The molecule has 0 aliphatic carbocycles. The van der Waals surface area contributed by atoms with E-state index in [1.807, 2.05) is 48.5 Å². The van der Waals surface area contributed by atoms with Crippen molar-refractivity contribution in [1.29, 1.82) is 0 Å². The lowest BCUT2D eigenvalue weighted by Gasteiger charge is -2.08. The smallest absolute Gasteiger partial charge is 0.268 e. The van der Waals surface area contributed by atoms with E-state index >= 15 is 0 Å². The molecular formula is C24H19N5O2. The molecule has 0 amide bonds. The number of aromatic amines is 1. The van der Waals surface area contributed by atoms with Gasteiger partial charge in [0.25, 0.3) is 5.56 Å². The maximum absolute atomic E-state index is 11.6. The lowest BCUT2D eigenvalue weighted by atomic mass is 10.1. The van der Waals surface area contributed by atoms with Gasteiger partial charge in [-0.25, -0.2) is 9.97 Å². The Bertz CT molecular complexity index is 1420. The number of rotatable bonds is 5. The fourth-order valence-corrected chi connectivity index (χ4v) is 3.36. The zero-order valence-corrected chi connectivity index (χ0v) is 16.8. The Morgan fingerprint density at radius 1 is 1.00 bits per heavy atom. The summed E-state index contributed by atoms with van der Waals surface area (Å²) in [4.78, 5) is 20.5. The van der Waals surface area contributed by atoms with E-state index in [9.17, 15) is 4.79 Å². The van der Waals surface area contributed by atoms with Gasteiger partial charge in [0.1, 0.15) is 6.61 Å². The van der Waals surface area contributed by atoms with Crippen LogP contribution in [-0.4, -0.2) is 24.7 Å². The van der Waals surface area contributed by atoms with Gasteiger partial charge in [0.2, 0.25) is 5.88 Å². The number of aromatic nitrogens is 5. The van der Waals surface area contributed by atoms with Gasteiger partial charge in [0.05, 0.1) is 28.7 Å². The Kier molecular flexibility index (Phi) is 4.76. The van der Waals surface area contributed by atoms with E-state index in [0.717, 1.165) is 27.7 Å². The van der Waals surface area contributed by atoms with Crippen LogP contribution in [0.25, 0.3) is 33.4 Å². The Morgan fingerprint density at radius 2 is 1.84 bits per heavy atom. The number of H-pyrrole nitrogens is 1. The minimum absolute atomic E-state index is 0.171. The highest BCUT2D eigenvalue weighted by Crippen LogP contribution is 2.26. The molecule has 0 spiro atoms. The van der Waals surface area contributed by atoms with E-state index in [1.165, 1.54) is 10.8 Å². The summed E-state index contributed by atoms with van der Waals surface area (Å²) in [6, 6.07) is 20.3. The second-order valence-corrected chi connectivity index (χ2v) is 7.20. The van der Waals surface area contributed by atoms with Gasteiger partial charge in [-0.05, 0) is 17.7 Å². The Balaban J connectivity index is 1.32. The number of nitrogens with zero attached hydrogens (tertiary/aromatic N) is 4. The standard InChI is InChI=1S/C24H19N5O2/c1-29-14-22(25-13-23(29)30)19-12-26-28-24(19)31-15-16-6-8-18(9-7-16)21-11-10-17-4-2-3-5-20(17)27-21/h2-14H,15H2,1H3,(H,26,28). The molecule has 7 heteroatoms. The fourth-order valence-electron chi connectivity index (χ4n) is 3.36. The molecule has 0 radical (unpaired) electrons. The predicted molar refractivity (Wildman–Crippen MR) is 119 cm³/mol. The van der Waals surface area contributed by atoms with Crippen LogP contribution in [0.2, 0.25) is 0 Å². The van der Waals surface area contributed by atoms with Crippen LogP contribution >= 0.6 is 0 Å². The Morgan fingerprint density at radius 3 is 2.68 bits per heavy atom. The molecule has 0 unspecified atom stereocenters. The van der Waals surface area contributed by atoms with Gasteiger partial charge < -0.3 is 9.30 Å². The number of hydrogen-bond acceptors (Lipinski definition) is 5. The number of benzene rings is 2. The second kappa shape index (κ2) is 7.87. The summed E-state index contributed by atoms with van der Waals surface area (Å²) in [5.41, 5.74) is 5.11. The molecule has 7 nitrogen and oxygen atoms in total. The van der Waals surface area contributed by atoms with Crippen LogP contribution in [0, 0.1) is 0 Å². The van der Waals surface area contributed by atoms with Gasteiger partial charge >= 0.3 is 0 Å². The molecule has 0 aliphatic heterocycles. The normalized spacial score (nSPS) is 11.0. The first kappa shape index (κ1) is 18.7. The monoisotopic (exact) mass is 409 g/mol. The van der Waals surface area contributed by atoms with Crippen LogP contribution in [-0.2, 0) is 13.7 Å². The maximum Gasteiger partial charge on any atom is 0.268 e. The number of fused-ring (bicyclic) bond motifs is 1. The highest BCUT2D eigenvalue weighted by molar-refractivity contribution is 5.81. The van der Waals surface area contributed by atoms with Gasteiger partial charge in [-0.2, -0.15) is 0 Å². The lowest BCUT2D eigenvalue weighted by Crippen LogP contribution is -2.15. The molecular weight excluding hydrogens is 390 g/mol. The summed E-state index contributed by atoms with van der Waals surface area (Å²) in [6.45, 7) is 0.356. The summed E-state index contributed by atoms with van der Waals surface area (Å²) in [7, 11) is 1.68. The van der Waals surface area contributed by atoms with Crippen LogP contribution in [0.1, 0.15) is 5.56 Å². The molecule has 3 heterocycles. The van der Waals surface area contributed by atoms with Crippen molar-refractivity contribution in [3.05, 3.63) is 95.2 Å². The second-order valence-electron chi connectivity index (χ2n) is 7.20. The van der Waals surface area contributed by atoms with Gasteiger partial charge in [-0.3, -0.25) is 9.89 Å². The Hall–Kier alpha value is -4.26. The summed E-state index contributed by atoms with van der Waals surface area (Å²) < 4.78 is 7.38. The molecule has 0 fully saturated rings. The average Bonchev–Trinajstić information content (AvgIpc) is 3.28. The molecule has 152 valence electrons. The van der Waals surface area contributed by atoms with Crippen molar-refractivity contribution in [2.24, 2.45) is 7.05 Å². The first-order valence-electron chi connectivity index (χ1n) is 9.82. The van der Waals surface area contributed by atoms with Crippen molar-refractivity contribution in [2.45, 2.75) is 6.61 Å². The minimum atomic E-state index is -0.171. The third-order valence-electron chi connectivity index (χ3n) is 5.08. The molecule has 5 aromatic rings. The first-order chi connectivity index (χ1) is 15.2. The largest absolute Gasteiger partial charge is 0.471 e. The molecule has 2 aromatic carbocycles. The summed E-state index contributed by atoms with van der Waals surface area (Å²) in [6.07, 6.45) is 4.65. The van der Waals surface area contributed by atoms with Crippen molar-refractivity contribution in [1.82, 2.24) is 24.7 Å². The first-order valence-corrected chi connectivity index (χ1v) is 9.82. The van der Waals surface area contributed by atoms with Crippen LogP contribution < -0.4 is 10.3 Å². The number of nitrogens with one attached hydrogen (secondary N) is 1. The average molecular weight is 409 g/mol. The van der Waals surface area contributed by atoms with E-state index in [4.69, 9.17) is 9.72 Å². The van der Waals surface area contributed by atoms with Crippen molar-refractivity contribution in [3.63, 3.8) is 0 Å². The van der Waals surface area contributed by atoms with Gasteiger partial charge in [-0.15, -0.1) is 5.10 Å². The third-order valence-corrected chi connectivity index (χ3v) is 5.08. The topological polar surface area (TPSA) is 85.7 Å². The van der Waals surface area contributed by atoms with Crippen LogP contribution in [0.4, 0.5) is 0 Å². The molecule has 0 bridgehead atoms. The third kappa shape index (κ3) is 3.81. The quantitative estimate of drug-likeness (QED) is 0.475. The summed E-state index contributed by atoms with van der Waals surface area (Å²) in [5, 5.41) is 8.10. The predicted octanol–water partition coefficient (Wildman–Crippen LogP) is 3.96. The van der Waals surface area contributed by atoms with E-state index in [2.05, 4.69) is 27.3 Å². The molecule has 1 N–H and O–H groups in total. The Labute approximate surface area is 178 Å². The molecule has 0 saturated heterocycles. The lowest BCUT2D eigenvalue weighted by molar-refractivity contribution is 0.294. The van der Waals surface area contributed by atoms with Gasteiger partial charge in [0, 0.05) is 30.4 Å². The zero-order valence-electron chi connectivity index (χ0n) is 16.8. The number of aryl methyl sites for hydroxylation is 1. The number of ether oxygens (including phenoxy) is 1. The van der Waals surface area contributed by atoms with Crippen LogP contribution in [0.3, 0.4) is 0 Å². The summed E-state index contributed by atoms with van der Waals surface area (Å²) in [5.74, 6) is 0.437. The van der Waals surface area contributed by atoms with Crippen molar-refractivity contribution >= 4 is 10.9 Å². The number of para-hydroxylation sites is 1. The van der Waals surface area contributed by atoms with E-state index in [1.54, 1.807) is 19.4 Å². The van der Waals surface area contributed by atoms with Crippen molar-refractivity contribution in [3.8, 4) is 28.4 Å². The van der Waals surface area contributed by atoms with Crippen LogP contribution in [0.15, 0.2) is 84.0 Å². The van der Waals surface area contributed by atoms with Crippen molar-refractivity contribution in [2.75, 3.05) is 0 Å². The maximum atomic E-state index is 11.6. The SMILES string of the molecule is Cn1cc(-c2c[nH]nc2OCc2ccc(-c3ccc4ccccc4n3)cc2)ncc1=O.